The highest BCUT2D eigenvalue weighted by molar-refractivity contribution is 5.89. The predicted octanol–water partition coefficient (Wildman–Crippen LogP) is 2.48. The van der Waals surface area contributed by atoms with Gasteiger partial charge < -0.3 is 25.3 Å². The van der Waals surface area contributed by atoms with Crippen molar-refractivity contribution in [1.29, 1.82) is 0 Å². The molecule has 2 aromatic rings. The van der Waals surface area contributed by atoms with Crippen molar-refractivity contribution in [3.05, 3.63) is 33.7 Å². The molecule has 0 saturated carbocycles. The van der Waals surface area contributed by atoms with Crippen LogP contribution in [-0.2, 0) is 11.2 Å². The summed E-state index contributed by atoms with van der Waals surface area (Å²) in [4.78, 5) is 25.1. The maximum Gasteiger partial charge on any atom is 0.340 e. The summed E-state index contributed by atoms with van der Waals surface area (Å²) in [5, 5.41) is 26.6. The summed E-state index contributed by atoms with van der Waals surface area (Å²) in [7, 11) is 0. The molecule has 7 nitrogen and oxygen atoms in total. The Morgan fingerprint density at radius 2 is 1.82 bits per heavy atom. The largest absolute Gasteiger partial charge is 0.504 e. The number of aryl methyl sites for hydroxylation is 1. The fourth-order valence-electron chi connectivity index (χ4n) is 4.50. The molecule has 1 aliphatic heterocycles. The summed E-state index contributed by atoms with van der Waals surface area (Å²) >= 11 is 0. The second kappa shape index (κ2) is 6.81. The molecule has 4 N–H and O–H groups in total. The number of hydrogen-bond donors (Lipinski definition) is 4. The van der Waals surface area contributed by atoms with Gasteiger partial charge in [0.1, 0.15) is 0 Å². The molecule has 0 aliphatic carbocycles. The highest BCUT2D eigenvalue weighted by Gasteiger charge is 2.38. The molecule has 0 radical (unpaired) electrons. The van der Waals surface area contributed by atoms with Crippen molar-refractivity contribution >= 4 is 16.9 Å². The van der Waals surface area contributed by atoms with Gasteiger partial charge in [-0.05, 0) is 65.2 Å². The number of aromatic hydroxyl groups is 2. The van der Waals surface area contributed by atoms with Crippen LogP contribution < -0.4 is 16.3 Å². The SMILES string of the molecule is Cc1c(CC(=O)NC2CC(C)(C)NC(C)(C)C2)c(=O)oc2c(O)c(O)ccc12. The molecule has 152 valence electrons. The Bertz CT molecular complexity index is 974. The minimum Gasteiger partial charge on any atom is -0.504 e. The summed E-state index contributed by atoms with van der Waals surface area (Å²) in [5.41, 5.74) is -0.153. The second-order valence-electron chi connectivity index (χ2n) is 9.05. The lowest BCUT2D eigenvalue weighted by Gasteiger charge is -2.46. The van der Waals surface area contributed by atoms with Gasteiger partial charge in [-0.2, -0.15) is 0 Å². The first-order chi connectivity index (χ1) is 12.9. The number of phenols is 2. The number of fused-ring (bicyclic) bond motifs is 1. The molecule has 1 amide bonds. The molecule has 1 aliphatic rings. The van der Waals surface area contributed by atoms with Gasteiger partial charge in [-0.1, -0.05) is 0 Å². The van der Waals surface area contributed by atoms with Crippen molar-refractivity contribution in [3.63, 3.8) is 0 Å². The van der Waals surface area contributed by atoms with Crippen LogP contribution >= 0.6 is 0 Å². The molecule has 3 rings (SSSR count). The molecule has 0 atom stereocenters. The summed E-state index contributed by atoms with van der Waals surface area (Å²) in [6, 6.07) is 2.89. The molecule has 1 aromatic carbocycles. The fraction of sp³-hybridized carbons (Fsp3) is 0.524. The van der Waals surface area contributed by atoms with Gasteiger partial charge in [0, 0.05) is 22.5 Å². The molecule has 0 spiro atoms. The average Bonchev–Trinajstić information content (AvgIpc) is 2.52. The van der Waals surface area contributed by atoms with E-state index in [9.17, 15) is 19.8 Å². The Balaban J connectivity index is 1.84. The molecular weight excluding hydrogens is 360 g/mol. The average molecular weight is 388 g/mol. The zero-order valence-electron chi connectivity index (χ0n) is 17.0. The first-order valence-corrected chi connectivity index (χ1v) is 9.44. The van der Waals surface area contributed by atoms with Crippen LogP contribution in [0, 0.1) is 6.92 Å². The third-order valence-electron chi connectivity index (χ3n) is 5.30. The van der Waals surface area contributed by atoms with Gasteiger partial charge in [-0.25, -0.2) is 4.79 Å². The van der Waals surface area contributed by atoms with E-state index in [-0.39, 0.29) is 46.3 Å². The van der Waals surface area contributed by atoms with E-state index in [1.54, 1.807) is 13.0 Å². The van der Waals surface area contributed by atoms with Crippen LogP contribution in [0.15, 0.2) is 21.3 Å². The van der Waals surface area contributed by atoms with Crippen molar-refractivity contribution in [2.24, 2.45) is 0 Å². The van der Waals surface area contributed by atoms with Crippen LogP contribution in [0.4, 0.5) is 0 Å². The lowest BCUT2D eigenvalue weighted by atomic mass is 9.79. The van der Waals surface area contributed by atoms with Crippen molar-refractivity contribution in [1.82, 2.24) is 10.6 Å². The molecule has 28 heavy (non-hydrogen) atoms. The Hall–Kier alpha value is -2.54. The van der Waals surface area contributed by atoms with Crippen molar-refractivity contribution in [2.75, 3.05) is 0 Å². The van der Waals surface area contributed by atoms with E-state index in [4.69, 9.17) is 4.42 Å². The summed E-state index contributed by atoms with van der Waals surface area (Å²) < 4.78 is 5.19. The summed E-state index contributed by atoms with van der Waals surface area (Å²) in [6.45, 7) is 10.1. The number of carbonyl (C=O) groups is 1. The highest BCUT2D eigenvalue weighted by Crippen LogP contribution is 2.34. The normalized spacial score (nSPS) is 18.9. The number of nitrogens with one attached hydrogen (secondary N) is 2. The van der Waals surface area contributed by atoms with Gasteiger partial charge >= 0.3 is 5.63 Å². The molecule has 0 unspecified atom stereocenters. The topological polar surface area (TPSA) is 112 Å². The minimum atomic E-state index is -0.688. The molecule has 7 heteroatoms. The van der Waals surface area contributed by atoms with Gasteiger partial charge in [0.15, 0.2) is 11.3 Å². The van der Waals surface area contributed by atoms with Gasteiger partial charge in [0.2, 0.25) is 11.7 Å². The molecular formula is C21H28N2O5. The lowest BCUT2D eigenvalue weighted by Crippen LogP contribution is -2.62. The van der Waals surface area contributed by atoms with Crippen LogP contribution in [0.3, 0.4) is 0 Å². The maximum atomic E-state index is 12.7. The molecule has 1 fully saturated rings. The van der Waals surface area contributed by atoms with Gasteiger partial charge in [-0.15, -0.1) is 0 Å². The summed E-state index contributed by atoms with van der Waals surface area (Å²) in [5.74, 6) is -1.08. The van der Waals surface area contributed by atoms with Crippen LogP contribution in [-0.4, -0.2) is 33.2 Å². The zero-order valence-corrected chi connectivity index (χ0v) is 17.0. The Kier molecular flexibility index (Phi) is 4.91. The van der Waals surface area contributed by atoms with Gasteiger partial charge in [-0.3, -0.25) is 4.79 Å². The van der Waals surface area contributed by atoms with E-state index < -0.39 is 11.4 Å². The molecule has 0 bridgehead atoms. The van der Waals surface area contributed by atoms with E-state index in [1.807, 2.05) is 0 Å². The van der Waals surface area contributed by atoms with E-state index >= 15 is 0 Å². The van der Waals surface area contributed by atoms with Crippen LogP contribution in [0.1, 0.15) is 51.7 Å². The van der Waals surface area contributed by atoms with E-state index in [0.717, 1.165) is 12.8 Å². The number of amides is 1. The minimum absolute atomic E-state index is 0.00699. The van der Waals surface area contributed by atoms with E-state index in [2.05, 4.69) is 38.3 Å². The Morgan fingerprint density at radius 3 is 2.43 bits per heavy atom. The standard InChI is InChI=1S/C21H28N2O5/c1-11-13-6-7-15(24)17(26)18(13)28-19(27)14(11)8-16(25)22-12-9-20(2,3)23-21(4,5)10-12/h6-7,12,23-24,26H,8-10H2,1-5H3,(H,22,25). The molecule has 1 aromatic heterocycles. The monoisotopic (exact) mass is 388 g/mol. The quantitative estimate of drug-likeness (QED) is 0.475. The third kappa shape index (κ3) is 3.99. The highest BCUT2D eigenvalue weighted by atomic mass is 16.4. The first kappa shape index (κ1) is 20.2. The van der Waals surface area contributed by atoms with Crippen LogP contribution in [0.2, 0.25) is 0 Å². The predicted molar refractivity (Wildman–Crippen MR) is 107 cm³/mol. The molecule has 1 saturated heterocycles. The van der Waals surface area contributed by atoms with Crippen molar-refractivity contribution < 1.29 is 19.4 Å². The van der Waals surface area contributed by atoms with Gasteiger partial charge in [0.05, 0.1) is 12.0 Å². The van der Waals surface area contributed by atoms with Crippen molar-refractivity contribution in [3.8, 4) is 11.5 Å². The second-order valence-corrected chi connectivity index (χ2v) is 9.05. The zero-order chi connectivity index (χ0) is 20.9. The first-order valence-electron chi connectivity index (χ1n) is 9.44. The number of benzene rings is 1. The van der Waals surface area contributed by atoms with Crippen LogP contribution in [0.5, 0.6) is 11.5 Å². The molecule has 2 heterocycles. The van der Waals surface area contributed by atoms with E-state index in [0.29, 0.717) is 10.9 Å². The van der Waals surface area contributed by atoms with Gasteiger partial charge in [0.25, 0.3) is 0 Å². The smallest absolute Gasteiger partial charge is 0.340 e. The number of rotatable bonds is 3. The number of carbonyl (C=O) groups excluding carboxylic acids is 1. The number of phenolic OH excluding ortho intramolecular Hbond substituents is 2. The van der Waals surface area contributed by atoms with E-state index in [1.165, 1.54) is 6.07 Å². The lowest BCUT2D eigenvalue weighted by molar-refractivity contribution is -0.121. The number of piperidine rings is 1. The Morgan fingerprint density at radius 1 is 1.21 bits per heavy atom. The maximum absolute atomic E-state index is 12.7. The summed E-state index contributed by atoms with van der Waals surface area (Å²) in [6.07, 6.45) is 1.48. The van der Waals surface area contributed by atoms with Crippen LogP contribution in [0.25, 0.3) is 11.0 Å². The third-order valence-corrected chi connectivity index (χ3v) is 5.30. The number of hydrogen-bond acceptors (Lipinski definition) is 6. The fourth-order valence-corrected chi connectivity index (χ4v) is 4.50. The van der Waals surface area contributed by atoms with Crippen molar-refractivity contribution in [2.45, 2.75) is 71.0 Å². The Labute approximate surface area is 163 Å².